The van der Waals surface area contributed by atoms with E-state index in [0.717, 1.165) is 31.9 Å². The molecule has 0 aromatic heterocycles. The monoisotopic (exact) mass is 444 g/mol. The van der Waals surface area contributed by atoms with Gasteiger partial charge in [0.25, 0.3) is 0 Å². The fourth-order valence-electron chi connectivity index (χ4n) is 4.55. The lowest BCUT2D eigenvalue weighted by atomic mass is 9.98. The van der Waals surface area contributed by atoms with Gasteiger partial charge >= 0.3 is 0 Å². The minimum Gasteiger partial charge on any atom is -0.485 e. The molecule has 4 rings (SSSR count). The normalized spacial score (nSPS) is 17.2. The molecule has 0 spiro atoms. The average Bonchev–Trinajstić information content (AvgIpc) is 2.80. The minimum atomic E-state index is -0.596. The fourth-order valence-corrected chi connectivity index (χ4v) is 4.55. The van der Waals surface area contributed by atoms with Crippen molar-refractivity contribution in [3.05, 3.63) is 95.1 Å². The molecule has 1 aliphatic rings. The van der Waals surface area contributed by atoms with Crippen LogP contribution in [-0.4, -0.2) is 41.8 Å². The number of aliphatic hydroxyl groups is 1. The summed E-state index contributed by atoms with van der Waals surface area (Å²) in [6.45, 7) is 12.0. The van der Waals surface area contributed by atoms with Crippen LogP contribution in [0, 0.1) is 13.8 Å². The molecule has 33 heavy (non-hydrogen) atoms. The zero-order valence-corrected chi connectivity index (χ0v) is 20.3. The Labute approximate surface area is 198 Å². The highest BCUT2D eigenvalue weighted by atomic mass is 16.5. The molecule has 0 radical (unpaired) electrons. The minimum absolute atomic E-state index is 0.0212. The van der Waals surface area contributed by atoms with Gasteiger partial charge in [-0.15, -0.1) is 0 Å². The summed E-state index contributed by atoms with van der Waals surface area (Å²) in [5, 5.41) is 9.56. The lowest BCUT2D eigenvalue weighted by molar-refractivity contribution is 0.0412. The molecule has 0 unspecified atom stereocenters. The number of rotatable bonds is 7. The van der Waals surface area contributed by atoms with Crippen LogP contribution in [0.25, 0.3) is 0 Å². The second-order valence-corrected chi connectivity index (χ2v) is 9.81. The van der Waals surface area contributed by atoms with E-state index in [1.165, 1.54) is 27.9 Å². The van der Waals surface area contributed by atoms with Crippen molar-refractivity contribution < 1.29 is 9.84 Å². The molecule has 1 N–H and O–H groups in total. The van der Waals surface area contributed by atoms with Gasteiger partial charge in [0.2, 0.25) is 0 Å². The highest BCUT2D eigenvalue weighted by Gasteiger charge is 2.29. The zero-order valence-electron chi connectivity index (χ0n) is 20.3. The van der Waals surface area contributed by atoms with Gasteiger partial charge in [-0.2, -0.15) is 0 Å². The van der Waals surface area contributed by atoms with Crippen molar-refractivity contribution >= 4 is 5.69 Å². The third-order valence-corrected chi connectivity index (χ3v) is 6.43. The van der Waals surface area contributed by atoms with Gasteiger partial charge in [0.05, 0.1) is 12.6 Å². The van der Waals surface area contributed by atoms with Crippen LogP contribution < -0.4 is 9.64 Å². The number of hydrogen-bond acceptors (Lipinski definition) is 4. The maximum absolute atomic E-state index is 9.56. The van der Waals surface area contributed by atoms with Crippen molar-refractivity contribution in [2.24, 2.45) is 0 Å². The van der Waals surface area contributed by atoms with Crippen molar-refractivity contribution in [3.8, 4) is 5.75 Å². The first-order valence-electron chi connectivity index (χ1n) is 11.8. The summed E-state index contributed by atoms with van der Waals surface area (Å²) in [7, 11) is 0. The summed E-state index contributed by atoms with van der Waals surface area (Å²) in [5.41, 5.74) is 5.83. The summed E-state index contributed by atoms with van der Waals surface area (Å²) >= 11 is 0. The Morgan fingerprint density at radius 1 is 0.939 bits per heavy atom. The van der Waals surface area contributed by atoms with E-state index in [1.54, 1.807) is 0 Å². The van der Waals surface area contributed by atoms with Gasteiger partial charge in [-0.25, -0.2) is 0 Å². The fraction of sp³-hybridized carbons (Fsp3) is 0.379. The number of anilines is 1. The van der Waals surface area contributed by atoms with Gasteiger partial charge < -0.3 is 14.7 Å². The summed E-state index contributed by atoms with van der Waals surface area (Å²) in [5.74, 6) is 0.796. The Bertz CT molecular complexity index is 1050. The maximum Gasteiger partial charge on any atom is 0.126 e. The van der Waals surface area contributed by atoms with Crippen LogP contribution in [0.3, 0.4) is 0 Å². The van der Waals surface area contributed by atoms with Crippen LogP contribution in [0.5, 0.6) is 5.75 Å². The van der Waals surface area contributed by atoms with Crippen LogP contribution in [0.4, 0.5) is 5.69 Å². The van der Waals surface area contributed by atoms with Crippen molar-refractivity contribution in [3.63, 3.8) is 0 Å². The van der Waals surface area contributed by atoms with E-state index in [4.69, 9.17) is 4.74 Å². The summed E-state index contributed by atoms with van der Waals surface area (Å²) in [6.07, 6.45) is 0. The molecule has 1 heterocycles. The van der Waals surface area contributed by atoms with Gasteiger partial charge in [-0.05, 0) is 62.6 Å². The highest BCUT2D eigenvalue weighted by molar-refractivity contribution is 5.58. The van der Waals surface area contributed by atoms with Crippen molar-refractivity contribution in [1.29, 1.82) is 0 Å². The number of aliphatic hydroxyl groups excluding tert-OH is 1. The summed E-state index contributed by atoms with van der Waals surface area (Å²) in [4.78, 5) is 5.11. The molecular weight excluding hydrogens is 408 g/mol. The number of piperazine rings is 1. The Morgan fingerprint density at radius 2 is 1.67 bits per heavy atom. The molecule has 3 aromatic rings. The topological polar surface area (TPSA) is 35.9 Å². The van der Waals surface area contributed by atoms with Crippen LogP contribution in [0.2, 0.25) is 0 Å². The van der Waals surface area contributed by atoms with Gasteiger partial charge in [0.1, 0.15) is 11.4 Å². The average molecular weight is 445 g/mol. The standard InChI is InChI=1S/C29H36N2O2/c1-22-10-12-25(13-11-22)28-20-30(19-24-8-6-5-7-9-24)16-17-31(28)27-15-14-26(18-23(27)2)33-29(3,4)21-32/h5-15,18,28,32H,16-17,19-21H2,1-4H3/t28-/m0/s1. The van der Waals surface area contributed by atoms with Gasteiger partial charge in [0.15, 0.2) is 0 Å². The molecule has 4 heteroatoms. The first-order chi connectivity index (χ1) is 15.8. The molecule has 1 atom stereocenters. The lowest BCUT2D eigenvalue weighted by Crippen LogP contribution is -2.48. The Kier molecular flexibility index (Phi) is 7.06. The van der Waals surface area contributed by atoms with Crippen molar-refractivity contribution in [1.82, 2.24) is 4.90 Å². The molecule has 1 fully saturated rings. The molecule has 174 valence electrons. The highest BCUT2D eigenvalue weighted by Crippen LogP contribution is 2.35. The Morgan fingerprint density at radius 3 is 2.33 bits per heavy atom. The number of hydrogen-bond donors (Lipinski definition) is 1. The molecule has 0 bridgehead atoms. The molecule has 4 nitrogen and oxygen atoms in total. The van der Waals surface area contributed by atoms with Gasteiger partial charge in [-0.3, -0.25) is 4.90 Å². The smallest absolute Gasteiger partial charge is 0.126 e. The summed E-state index contributed by atoms with van der Waals surface area (Å²) < 4.78 is 6.01. The second kappa shape index (κ2) is 9.98. The molecule has 0 amide bonds. The number of aryl methyl sites for hydroxylation is 2. The van der Waals surface area contributed by atoms with E-state index in [-0.39, 0.29) is 12.6 Å². The lowest BCUT2D eigenvalue weighted by Gasteiger charge is -2.44. The van der Waals surface area contributed by atoms with Crippen LogP contribution >= 0.6 is 0 Å². The second-order valence-electron chi connectivity index (χ2n) is 9.81. The number of nitrogens with zero attached hydrogens (tertiary/aromatic N) is 2. The Balaban J connectivity index is 1.60. The molecule has 1 saturated heterocycles. The first kappa shape index (κ1) is 23.3. The molecule has 0 saturated carbocycles. The molecular formula is C29H36N2O2. The third kappa shape index (κ3) is 5.76. The van der Waals surface area contributed by atoms with Crippen LogP contribution in [-0.2, 0) is 6.54 Å². The van der Waals surface area contributed by atoms with Gasteiger partial charge in [0, 0.05) is 31.9 Å². The van der Waals surface area contributed by atoms with E-state index in [9.17, 15) is 5.11 Å². The number of ether oxygens (including phenoxy) is 1. The predicted molar refractivity (Wildman–Crippen MR) is 136 cm³/mol. The number of benzene rings is 3. The summed E-state index contributed by atoms with van der Waals surface area (Å²) in [6, 6.07) is 26.3. The van der Waals surface area contributed by atoms with E-state index >= 15 is 0 Å². The van der Waals surface area contributed by atoms with Crippen LogP contribution in [0.1, 0.15) is 42.1 Å². The third-order valence-electron chi connectivity index (χ3n) is 6.43. The molecule has 3 aromatic carbocycles. The van der Waals surface area contributed by atoms with Crippen LogP contribution in [0.15, 0.2) is 72.8 Å². The molecule has 0 aliphatic carbocycles. The van der Waals surface area contributed by atoms with Crippen molar-refractivity contribution in [2.45, 2.75) is 45.9 Å². The quantitative estimate of drug-likeness (QED) is 0.521. The SMILES string of the molecule is Cc1ccc([C@@H]2CN(Cc3ccccc3)CCN2c2ccc(OC(C)(C)CO)cc2C)cc1. The molecule has 1 aliphatic heterocycles. The van der Waals surface area contributed by atoms with E-state index < -0.39 is 5.60 Å². The van der Waals surface area contributed by atoms with Gasteiger partial charge in [-0.1, -0.05) is 60.2 Å². The maximum atomic E-state index is 9.56. The van der Waals surface area contributed by atoms with E-state index in [0.29, 0.717) is 0 Å². The van der Waals surface area contributed by atoms with Crippen molar-refractivity contribution in [2.75, 3.05) is 31.1 Å². The van der Waals surface area contributed by atoms with E-state index in [1.807, 2.05) is 19.9 Å². The zero-order chi connectivity index (χ0) is 23.4. The van der Waals surface area contributed by atoms with E-state index in [2.05, 4.69) is 90.4 Å². The predicted octanol–water partition coefficient (Wildman–Crippen LogP) is 5.52. The largest absolute Gasteiger partial charge is 0.485 e. The first-order valence-corrected chi connectivity index (χ1v) is 11.8. The Hall–Kier alpha value is -2.82.